The van der Waals surface area contributed by atoms with Crippen LogP contribution in [0.4, 0.5) is 0 Å². The molecule has 0 fully saturated rings. The molecule has 0 amide bonds. The van der Waals surface area contributed by atoms with Crippen molar-refractivity contribution in [3.8, 4) is 5.88 Å². The Morgan fingerprint density at radius 3 is 2.67 bits per heavy atom. The number of carbonyl (C=O) groups excluding carboxylic acids is 1. The van der Waals surface area contributed by atoms with E-state index in [1.165, 1.54) is 23.6 Å². The second-order valence-corrected chi connectivity index (χ2v) is 5.16. The number of Topliss-reactive ketones (excluding diaryl/α,β-unsaturated/α-hetero) is 1. The first-order valence-electron chi connectivity index (χ1n) is 4.84. The smallest absolute Gasteiger partial charge is 0.310 e. The van der Waals surface area contributed by atoms with E-state index in [1.807, 2.05) is 0 Å². The standard InChI is InChI=1S/C11H7Cl2NO3S/c12-6-1-2-7(8(13)3-6)9(15)4-14-10(16)5-18-11(14)17/h1-3,5,16H,4H2. The largest absolute Gasteiger partial charge is 0.494 e. The molecule has 0 unspecified atom stereocenters. The summed E-state index contributed by atoms with van der Waals surface area (Å²) in [7, 11) is 0. The van der Waals surface area contributed by atoms with E-state index in [9.17, 15) is 14.7 Å². The molecule has 94 valence electrons. The number of carbonyl (C=O) groups is 1. The predicted octanol–water partition coefficient (Wildman–Crippen LogP) is 2.81. The van der Waals surface area contributed by atoms with Crippen molar-refractivity contribution in [1.29, 1.82) is 0 Å². The zero-order valence-electron chi connectivity index (χ0n) is 8.89. The van der Waals surface area contributed by atoms with E-state index < -0.39 is 4.87 Å². The highest BCUT2D eigenvalue weighted by molar-refractivity contribution is 7.07. The van der Waals surface area contributed by atoms with Crippen LogP contribution in [-0.2, 0) is 6.54 Å². The summed E-state index contributed by atoms with van der Waals surface area (Å²) in [5.74, 6) is -0.601. The zero-order valence-corrected chi connectivity index (χ0v) is 11.2. The molecule has 0 aliphatic carbocycles. The van der Waals surface area contributed by atoms with Crippen molar-refractivity contribution in [3.63, 3.8) is 0 Å². The summed E-state index contributed by atoms with van der Waals surface area (Å²) < 4.78 is 0.984. The molecule has 1 heterocycles. The molecule has 1 aromatic carbocycles. The number of thiazole rings is 1. The van der Waals surface area contributed by atoms with E-state index in [0.717, 1.165) is 15.9 Å². The van der Waals surface area contributed by atoms with Gasteiger partial charge >= 0.3 is 4.87 Å². The van der Waals surface area contributed by atoms with Crippen LogP contribution in [-0.4, -0.2) is 15.5 Å². The molecule has 0 saturated carbocycles. The van der Waals surface area contributed by atoms with Gasteiger partial charge in [0.2, 0.25) is 5.88 Å². The third-order valence-corrected chi connectivity index (χ3v) is 3.59. The minimum Gasteiger partial charge on any atom is -0.494 e. The van der Waals surface area contributed by atoms with Gasteiger partial charge in [-0.25, -0.2) is 0 Å². The Balaban J connectivity index is 2.30. The number of ketones is 1. The summed E-state index contributed by atoms with van der Waals surface area (Å²) in [4.78, 5) is 22.9. The number of aromatic hydroxyl groups is 1. The minimum absolute atomic E-state index is 0.218. The van der Waals surface area contributed by atoms with Crippen LogP contribution in [0.1, 0.15) is 10.4 Å². The first-order chi connectivity index (χ1) is 8.49. The summed E-state index contributed by atoms with van der Waals surface area (Å²) in [5.41, 5.74) is 0.263. The van der Waals surface area contributed by atoms with Gasteiger partial charge in [0.25, 0.3) is 0 Å². The minimum atomic E-state index is -0.397. The lowest BCUT2D eigenvalue weighted by Crippen LogP contribution is -2.19. The molecule has 1 N–H and O–H groups in total. The highest BCUT2D eigenvalue weighted by Crippen LogP contribution is 2.22. The molecule has 2 rings (SSSR count). The van der Waals surface area contributed by atoms with Gasteiger partial charge in [0.1, 0.15) is 0 Å². The number of benzene rings is 1. The first-order valence-corrected chi connectivity index (χ1v) is 6.48. The summed E-state index contributed by atoms with van der Waals surface area (Å²) >= 11 is 12.4. The fourth-order valence-electron chi connectivity index (χ4n) is 1.41. The summed E-state index contributed by atoms with van der Waals surface area (Å²) in [6, 6.07) is 4.48. The Morgan fingerprint density at radius 1 is 1.39 bits per heavy atom. The van der Waals surface area contributed by atoms with E-state index >= 15 is 0 Å². The number of nitrogens with zero attached hydrogens (tertiary/aromatic N) is 1. The van der Waals surface area contributed by atoms with Gasteiger partial charge in [0, 0.05) is 10.6 Å². The average molecular weight is 304 g/mol. The Bertz CT molecular complexity index is 663. The first kappa shape index (κ1) is 13.1. The van der Waals surface area contributed by atoms with Crippen molar-refractivity contribution in [2.24, 2.45) is 0 Å². The van der Waals surface area contributed by atoms with Gasteiger partial charge in [-0.15, -0.1) is 0 Å². The molecule has 4 nitrogen and oxygen atoms in total. The highest BCUT2D eigenvalue weighted by atomic mass is 35.5. The van der Waals surface area contributed by atoms with Crippen molar-refractivity contribution < 1.29 is 9.90 Å². The molecule has 2 aromatic rings. The lowest BCUT2D eigenvalue weighted by Gasteiger charge is -2.05. The lowest BCUT2D eigenvalue weighted by atomic mass is 10.1. The SMILES string of the molecule is O=C(Cn1c(O)csc1=O)c1ccc(Cl)cc1Cl. The van der Waals surface area contributed by atoms with Crippen LogP contribution >= 0.6 is 34.5 Å². The zero-order chi connectivity index (χ0) is 13.3. The Hall–Kier alpha value is -1.30. The van der Waals surface area contributed by atoms with Gasteiger partial charge in [0.05, 0.1) is 16.9 Å². The fraction of sp³-hybridized carbons (Fsp3) is 0.0909. The van der Waals surface area contributed by atoms with Gasteiger partial charge in [-0.2, -0.15) is 0 Å². The molecular weight excluding hydrogens is 297 g/mol. The van der Waals surface area contributed by atoms with Gasteiger partial charge in [-0.1, -0.05) is 34.5 Å². The third kappa shape index (κ3) is 2.58. The van der Waals surface area contributed by atoms with E-state index in [2.05, 4.69) is 0 Å². The quantitative estimate of drug-likeness (QED) is 0.887. The summed E-state index contributed by atoms with van der Waals surface area (Å²) in [6.45, 7) is -0.254. The number of halogens is 2. The molecule has 7 heteroatoms. The van der Waals surface area contributed by atoms with E-state index in [-0.39, 0.29) is 28.8 Å². The second kappa shape index (κ2) is 5.14. The number of hydrogen-bond donors (Lipinski definition) is 1. The maximum atomic E-state index is 12.0. The Labute approximate surface area is 116 Å². The highest BCUT2D eigenvalue weighted by Gasteiger charge is 2.14. The maximum Gasteiger partial charge on any atom is 0.310 e. The van der Waals surface area contributed by atoms with E-state index in [1.54, 1.807) is 0 Å². The molecule has 0 spiro atoms. The number of hydrogen-bond acceptors (Lipinski definition) is 4. The van der Waals surface area contributed by atoms with E-state index in [0.29, 0.717) is 5.02 Å². The van der Waals surface area contributed by atoms with Crippen molar-refractivity contribution in [3.05, 3.63) is 48.9 Å². The molecule has 0 radical (unpaired) electrons. The van der Waals surface area contributed by atoms with Crippen LogP contribution in [0.5, 0.6) is 5.88 Å². The van der Waals surface area contributed by atoms with Crippen molar-refractivity contribution in [2.75, 3.05) is 0 Å². The van der Waals surface area contributed by atoms with Crippen molar-refractivity contribution in [2.45, 2.75) is 6.54 Å². The Kier molecular flexibility index (Phi) is 3.75. The van der Waals surface area contributed by atoms with Crippen LogP contribution < -0.4 is 4.87 Å². The molecule has 0 aliphatic rings. The molecular formula is C11H7Cl2NO3S. The van der Waals surface area contributed by atoms with Crippen LogP contribution in [0.15, 0.2) is 28.4 Å². The molecule has 0 aliphatic heterocycles. The van der Waals surface area contributed by atoms with Crippen molar-refractivity contribution >= 4 is 40.3 Å². The molecule has 0 saturated heterocycles. The van der Waals surface area contributed by atoms with Gasteiger partial charge in [0.15, 0.2) is 5.78 Å². The molecule has 0 atom stereocenters. The maximum absolute atomic E-state index is 12.0. The van der Waals surface area contributed by atoms with Crippen LogP contribution in [0.3, 0.4) is 0 Å². The third-order valence-electron chi connectivity index (χ3n) is 2.30. The van der Waals surface area contributed by atoms with Gasteiger partial charge in [-0.3, -0.25) is 14.2 Å². The summed E-state index contributed by atoms with van der Waals surface area (Å²) in [6.07, 6.45) is 0. The lowest BCUT2D eigenvalue weighted by molar-refractivity contribution is 0.0968. The normalized spacial score (nSPS) is 10.6. The molecule has 18 heavy (non-hydrogen) atoms. The van der Waals surface area contributed by atoms with Crippen LogP contribution in [0, 0.1) is 0 Å². The second-order valence-electron chi connectivity index (χ2n) is 3.49. The van der Waals surface area contributed by atoms with Crippen molar-refractivity contribution in [1.82, 2.24) is 4.57 Å². The monoisotopic (exact) mass is 303 g/mol. The van der Waals surface area contributed by atoms with Crippen LogP contribution in [0.2, 0.25) is 10.0 Å². The Morgan fingerprint density at radius 2 is 2.11 bits per heavy atom. The van der Waals surface area contributed by atoms with Gasteiger partial charge in [-0.05, 0) is 18.2 Å². The fourth-order valence-corrected chi connectivity index (χ4v) is 2.55. The topological polar surface area (TPSA) is 59.3 Å². The van der Waals surface area contributed by atoms with E-state index in [4.69, 9.17) is 23.2 Å². The predicted molar refractivity (Wildman–Crippen MR) is 71.0 cm³/mol. The summed E-state index contributed by atoms with van der Waals surface area (Å²) in [5, 5.41) is 11.3. The van der Waals surface area contributed by atoms with Crippen LogP contribution in [0.25, 0.3) is 0 Å². The average Bonchev–Trinajstić information content (AvgIpc) is 2.60. The number of aromatic nitrogens is 1. The molecule has 1 aromatic heterocycles. The number of rotatable bonds is 3. The molecule has 0 bridgehead atoms. The van der Waals surface area contributed by atoms with Gasteiger partial charge < -0.3 is 5.11 Å².